The van der Waals surface area contributed by atoms with Gasteiger partial charge in [0.1, 0.15) is 0 Å². The van der Waals surface area contributed by atoms with Crippen LogP contribution in [-0.2, 0) is 4.74 Å². The number of thioether (sulfide) groups is 1. The molecule has 102 valence electrons. The monoisotopic (exact) mass is 267 g/mol. The Bertz CT molecular complexity index is 313. The minimum absolute atomic E-state index is 0.437. The molecule has 1 rings (SSSR count). The summed E-state index contributed by atoms with van der Waals surface area (Å²) >= 11 is 1.90. The van der Waals surface area contributed by atoms with Gasteiger partial charge < -0.3 is 10.1 Å². The van der Waals surface area contributed by atoms with Gasteiger partial charge in [-0.15, -0.1) is 11.8 Å². The SMILES string of the molecule is CCNC(C)c1ccc(SCCCOCC)cc1. The second-order valence-corrected chi connectivity index (χ2v) is 5.42. The topological polar surface area (TPSA) is 21.3 Å². The van der Waals surface area contributed by atoms with E-state index in [4.69, 9.17) is 4.74 Å². The molecule has 0 saturated carbocycles. The molecule has 1 aromatic rings. The van der Waals surface area contributed by atoms with E-state index in [-0.39, 0.29) is 0 Å². The van der Waals surface area contributed by atoms with Crippen LogP contribution >= 0.6 is 11.8 Å². The first-order valence-electron chi connectivity index (χ1n) is 6.81. The number of rotatable bonds is 9. The quantitative estimate of drug-likeness (QED) is 0.542. The van der Waals surface area contributed by atoms with Gasteiger partial charge in [-0.25, -0.2) is 0 Å². The van der Waals surface area contributed by atoms with E-state index in [0.717, 1.165) is 31.9 Å². The summed E-state index contributed by atoms with van der Waals surface area (Å²) in [6.07, 6.45) is 1.12. The van der Waals surface area contributed by atoms with Crippen LogP contribution in [0.25, 0.3) is 0 Å². The Morgan fingerprint density at radius 3 is 2.56 bits per heavy atom. The Hall–Kier alpha value is -0.510. The lowest BCUT2D eigenvalue weighted by atomic mass is 10.1. The highest BCUT2D eigenvalue weighted by Crippen LogP contribution is 2.21. The molecule has 1 N–H and O–H groups in total. The number of hydrogen-bond donors (Lipinski definition) is 1. The number of hydrogen-bond acceptors (Lipinski definition) is 3. The highest BCUT2D eigenvalue weighted by molar-refractivity contribution is 7.99. The molecule has 1 atom stereocenters. The molecule has 0 spiro atoms. The van der Waals surface area contributed by atoms with Crippen molar-refractivity contribution < 1.29 is 4.74 Å². The van der Waals surface area contributed by atoms with E-state index in [1.54, 1.807) is 0 Å². The molecular weight excluding hydrogens is 242 g/mol. The lowest BCUT2D eigenvalue weighted by Gasteiger charge is -2.13. The van der Waals surface area contributed by atoms with E-state index in [1.807, 2.05) is 18.7 Å². The lowest BCUT2D eigenvalue weighted by molar-refractivity contribution is 0.149. The van der Waals surface area contributed by atoms with Crippen LogP contribution in [0, 0.1) is 0 Å². The largest absolute Gasteiger partial charge is 0.382 e. The zero-order valence-corrected chi connectivity index (χ0v) is 12.6. The molecule has 2 nitrogen and oxygen atoms in total. The van der Waals surface area contributed by atoms with Crippen LogP contribution in [0.3, 0.4) is 0 Å². The predicted octanol–water partition coefficient (Wildman–Crippen LogP) is 3.88. The fraction of sp³-hybridized carbons (Fsp3) is 0.600. The van der Waals surface area contributed by atoms with Crippen molar-refractivity contribution in [2.75, 3.05) is 25.5 Å². The molecular formula is C15H25NOS. The third kappa shape index (κ3) is 5.89. The van der Waals surface area contributed by atoms with E-state index in [0.29, 0.717) is 6.04 Å². The van der Waals surface area contributed by atoms with Gasteiger partial charge in [0.15, 0.2) is 0 Å². The van der Waals surface area contributed by atoms with Crippen molar-refractivity contribution >= 4 is 11.8 Å². The molecule has 0 aliphatic carbocycles. The summed E-state index contributed by atoms with van der Waals surface area (Å²) in [5.74, 6) is 1.13. The van der Waals surface area contributed by atoms with Crippen LogP contribution in [0.4, 0.5) is 0 Å². The second-order valence-electron chi connectivity index (χ2n) is 4.25. The average molecular weight is 267 g/mol. The van der Waals surface area contributed by atoms with Crippen LogP contribution in [0.5, 0.6) is 0 Å². The second kappa shape index (κ2) is 9.42. The summed E-state index contributed by atoms with van der Waals surface area (Å²) < 4.78 is 5.33. The van der Waals surface area contributed by atoms with Crippen LogP contribution in [0.2, 0.25) is 0 Å². The number of benzene rings is 1. The first-order chi connectivity index (χ1) is 8.77. The van der Waals surface area contributed by atoms with Gasteiger partial charge in [-0.3, -0.25) is 0 Å². The third-order valence-electron chi connectivity index (χ3n) is 2.80. The van der Waals surface area contributed by atoms with Gasteiger partial charge in [-0.1, -0.05) is 19.1 Å². The molecule has 0 aliphatic rings. The fourth-order valence-corrected chi connectivity index (χ4v) is 2.60. The van der Waals surface area contributed by atoms with Crippen molar-refractivity contribution in [2.45, 2.75) is 38.1 Å². The molecule has 1 aromatic carbocycles. The molecule has 1 unspecified atom stereocenters. The molecule has 0 amide bonds. The summed E-state index contributed by atoms with van der Waals surface area (Å²) in [4.78, 5) is 1.35. The first-order valence-corrected chi connectivity index (χ1v) is 7.80. The summed E-state index contributed by atoms with van der Waals surface area (Å²) in [5, 5.41) is 3.42. The Kier molecular flexibility index (Phi) is 8.14. The third-order valence-corrected chi connectivity index (χ3v) is 3.89. The Labute approximate surface area is 116 Å². The van der Waals surface area contributed by atoms with Crippen molar-refractivity contribution in [1.29, 1.82) is 0 Å². The summed E-state index contributed by atoms with van der Waals surface area (Å²) in [5.41, 5.74) is 1.36. The standard InChI is InChI=1S/C15H25NOS/c1-4-16-13(3)14-7-9-15(10-8-14)18-12-6-11-17-5-2/h7-10,13,16H,4-6,11-12H2,1-3H3. The molecule has 0 heterocycles. The molecule has 0 saturated heterocycles. The Morgan fingerprint density at radius 1 is 1.22 bits per heavy atom. The Balaban J connectivity index is 2.31. The maximum Gasteiger partial charge on any atom is 0.0473 e. The van der Waals surface area contributed by atoms with Crippen molar-refractivity contribution in [3.8, 4) is 0 Å². The highest BCUT2D eigenvalue weighted by Gasteiger charge is 2.03. The summed E-state index contributed by atoms with van der Waals surface area (Å²) in [6, 6.07) is 9.31. The van der Waals surface area contributed by atoms with Crippen molar-refractivity contribution in [3.63, 3.8) is 0 Å². The average Bonchev–Trinajstić information content (AvgIpc) is 2.39. The van der Waals surface area contributed by atoms with Crippen LogP contribution < -0.4 is 5.32 Å². The molecule has 0 aliphatic heterocycles. The van der Waals surface area contributed by atoms with Crippen LogP contribution in [0.15, 0.2) is 29.2 Å². The van der Waals surface area contributed by atoms with Gasteiger partial charge >= 0.3 is 0 Å². The predicted molar refractivity (Wildman–Crippen MR) is 80.4 cm³/mol. The van der Waals surface area contributed by atoms with E-state index in [1.165, 1.54) is 10.5 Å². The molecule has 18 heavy (non-hydrogen) atoms. The highest BCUT2D eigenvalue weighted by atomic mass is 32.2. The van der Waals surface area contributed by atoms with Crippen molar-refractivity contribution in [1.82, 2.24) is 5.32 Å². The first kappa shape index (κ1) is 15.5. The molecule has 3 heteroatoms. The number of nitrogens with one attached hydrogen (secondary N) is 1. The van der Waals surface area contributed by atoms with E-state index >= 15 is 0 Å². The molecule has 0 fully saturated rings. The molecule has 0 radical (unpaired) electrons. The van der Waals surface area contributed by atoms with E-state index in [2.05, 4.69) is 43.4 Å². The maximum atomic E-state index is 5.33. The minimum atomic E-state index is 0.437. The maximum absolute atomic E-state index is 5.33. The Morgan fingerprint density at radius 2 is 1.94 bits per heavy atom. The van der Waals surface area contributed by atoms with Gasteiger partial charge in [-0.05, 0) is 44.5 Å². The van der Waals surface area contributed by atoms with E-state index < -0.39 is 0 Å². The van der Waals surface area contributed by atoms with Gasteiger partial charge in [-0.2, -0.15) is 0 Å². The zero-order valence-electron chi connectivity index (χ0n) is 11.7. The molecule has 0 aromatic heterocycles. The van der Waals surface area contributed by atoms with E-state index in [9.17, 15) is 0 Å². The lowest BCUT2D eigenvalue weighted by Crippen LogP contribution is -2.17. The summed E-state index contributed by atoms with van der Waals surface area (Å²) in [6.45, 7) is 9.08. The smallest absolute Gasteiger partial charge is 0.0473 e. The van der Waals surface area contributed by atoms with Gasteiger partial charge in [0.05, 0.1) is 0 Å². The summed E-state index contributed by atoms with van der Waals surface area (Å²) in [7, 11) is 0. The number of ether oxygens (including phenoxy) is 1. The normalized spacial score (nSPS) is 12.6. The minimum Gasteiger partial charge on any atom is -0.382 e. The van der Waals surface area contributed by atoms with Gasteiger partial charge in [0.25, 0.3) is 0 Å². The van der Waals surface area contributed by atoms with Crippen LogP contribution in [-0.4, -0.2) is 25.5 Å². The van der Waals surface area contributed by atoms with Crippen molar-refractivity contribution in [2.24, 2.45) is 0 Å². The molecule has 0 bridgehead atoms. The van der Waals surface area contributed by atoms with Crippen molar-refractivity contribution in [3.05, 3.63) is 29.8 Å². The van der Waals surface area contributed by atoms with Crippen LogP contribution in [0.1, 0.15) is 38.8 Å². The van der Waals surface area contributed by atoms with Gasteiger partial charge in [0.2, 0.25) is 0 Å². The van der Waals surface area contributed by atoms with Gasteiger partial charge in [0, 0.05) is 29.9 Å². The zero-order chi connectivity index (χ0) is 13.2. The fourth-order valence-electron chi connectivity index (χ4n) is 1.77.